The Bertz CT molecular complexity index is 1300. The van der Waals surface area contributed by atoms with Crippen molar-refractivity contribution in [3.05, 3.63) is 69.9 Å². The van der Waals surface area contributed by atoms with Gasteiger partial charge in [-0.3, -0.25) is 9.78 Å². The zero-order valence-electron chi connectivity index (χ0n) is 20.1. The van der Waals surface area contributed by atoms with Crippen molar-refractivity contribution in [2.45, 2.75) is 19.3 Å². The molecular formula is C25H27F3N4O4. The molecule has 0 amide bonds. The van der Waals surface area contributed by atoms with Crippen LogP contribution in [0.2, 0.25) is 0 Å². The number of ether oxygens (including phenoxy) is 2. The van der Waals surface area contributed by atoms with Crippen LogP contribution in [0.4, 0.5) is 24.5 Å². The molecule has 8 nitrogen and oxygen atoms in total. The zero-order valence-corrected chi connectivity index (χ0v) is 20.1. The molecule has 2 aromatic heterocycles. The minimum absolute atomic E-state index is 0.0157. The van der Waals surface area contributed by atoms with Crippen molar-refractivity contribution in [2.24, 2.45) is 7.05 Å². The van der Waals surface area contributed by atoms with Crippen molar-refractivity contribution in [1.82, 2.24) is 9.55 Å². The van der Waals surface area contributed by atoms with Crippen molar-refractivity contribution >= 4 is 11.4 Å². The number of aliphatic hydroxyl groups is 1. The summed E-state index contributed by atoms with van der Waals surface area (Å²) in [4.78, 5) is 19.1. The highest BCUT2D eigenvalue weighted by molar-refractivity contribution is 5.72. The number of benzene rings is 1. The van der Waals surface area contributed by atoms with E-state index < -0.39 is 18.0 Å². The number of anilines is 2. The zero-order chi connectivity index (χ0) is 26.0. The van der Waals surface area contributed by atoms with Gasteiger partial charge in [-0.2, -0.15) is 13.2 Å². The molecule has 0 saturated carbocycles. The number of morpholine rings is 1. The fraction of sp³-hybridized carbons (Fsp3) is 0.360. The first-order valence-electron chi connectivity index (χ1n) is 11.3. The van der Waals surface area contributed by atoms with Crippen LogP contribution in [0.25, 0.3) is 11.1 Å². The van der Waals surface area contributed by atoms with Crippen LogP contribution in [0.15, 0.2) is 47.5 Å². The summed E-state index contributed by atoms with van der Waals surface area (Å²) in [6.07, 6.45) is -2.88. The smallest absolute Gasteiger partial charge is 0.419 e. The maximum Gasteiger partial charge on any atom is 0.419 e. The highest BCUT2D eigenvalue weighted by Gasteiger charge is 2.35. The van der Waals surface area contributed by atoms with Gasteiger partial charge in [0.2, 0.25) is 0 Å². The summed E-state index contributed by atoms with van der Waals surface area (Å²) >= 11 is 0. The van der Waals surface area contributed by atoms with Gasteiger partial charge in [0.25, 0.3) is 5.56 Å². The van der Waals surface area contributed by atoms with E-state index in [0.29, 0.717) is 48.9 Å². The lowest BCUT2D eigenvalue weighted by atomic mass is 10.0. The van der Waals surface area contributed by atoms with Gasteiger partial charge >= 0.3 is 6.18 Å². The van der Waals surface area contributed by atoms with Crippen molar-refractivity contribution in [1.29, 1.82) is 0 Å². The number of halogens is 3. The molecule has 0 radical (unpaired) electrons. The van der Waals surface area contributed by atoms with E-state index in [0.717, 1.165) is 18.7 Å². The number of pyridine rings is 2. The lowest BCUT2D eigenvalue weighted by Gasteiger charge is -2.29. The maximum atomic E-state index is 13.4. The van der Waals surface area contributed by atoms with Crippen LogP contribution in [-0.4, -0.2) is 48.1 Å². The Kier molecular flexibility index (Phi) is 7.23. The van der Waals surface area contributed by atoms with Gasteiger partial charge in [-0.15, -0.1) is 0 Å². The van der Waals surface area contributed by atoms with Crippen LogP contribution in [0.5, 0.6) is 5.75 Å². The lowest BCUT2D eigenvalue weighted by molar-refractivity contribution is -0.138. The average molecular weight is 505 g/mol. The first-order chi connectivity index (χ1) is 17.1. The molecular weight excluding hydrogens is 477 g/mol. The fourth-order valence-corrected chi connectivity index (χ4v) is 4.14. The fourth-order valence-electron chi connectivity index (χ4n) is 4.14. The standard InChI is InChI=1S/C25H27F3N4O4/c1-15-19(17-11-21(24(34)31(2)14-17)32-6-8-36-9-7-32)12-18(13-29-15)30-23(33)16-4-5-22(35-3)20(10-16)25(26,27)28/h4-5,10-14,23,30,33H,6-9H2,1-3H3. The topological polar surface area (TPSA) is 88.9 Å². The molecule has 36 heavy (non-hydrogen) atoms. The van der Waals surface area contributed by atoms with E-state index in [1.807, 2.05) is 11.8 Å². The predicted octanol–water partition coefficient (Wildman–Crippen LogP) is 3.72. The van der Waals surface area contributed by atoms with Crippen molar-refractivity contribution in [3.63, 3.8) is 0 Å². The summed E-state index contributed by atoms with van der Waals surface area (Å²) in [5, 5.41) is 13.4. The molecule has 1 unspecified atom stereocenters. The molecule has 1 saturated heterocycles. The Morgan fingerprint density at radius 1 is 1.19 bits per heavy atom. The van der Waals surface area contributed by atoms with Crippen LogP contribution >= 0.6 is 0 Å². The molecule has 11 heteroatoms. The van der Waals surface area contributed by atoms with Crippen molar-refractivity contribution in [2.75, 3.05) is 43.6 Å². The molecule has 1 aliphatic heterocycles. The largest absolute Gasteiger partial charge is 0.496 e. The number of nitrogens with one attached hydrogen (secondary N) is 1. The summed E-state index contributed by atoms with van der Waals surface area (Å²) in [5.41, 5.74) is 1.99. The summed E-state index contributed by atoms with van der Waals surface area (Å²) < 4.78 is 51.9. The second kappa shape index (κ2) is 10.2. The Morgan fingerprint density at radius 2 is 1.92 bits per heavy atom. The van der Waals surface area contributed by atoms with E-state index in [-0.39, 0.29) is 16.9 Å². The van der Waals surface area contributed by atoms with Crippen molar-refractivity contribution < 1.29 is 27.8 Å². The molecule has 0 aliphatic carbocycles. The van der Waals surface area contributed by atoms with Gasteiger partial charge in [0, 0.05) is 48.7 Å². The maximum absolute atomic E-state index is 13.4. The van der Waals surface area contributed by atoms with E-state index in [2.05, 4.69) is 10.3 Å². The molecule has 2 N–H and O–H groups in total. The average Bonchev–Trinajstić information content (AvgIpc) is 2.86. The number of nitrogens with zero attached hydrogens (tertiary/aromatic N) is 3. The molecule has 1 aliphatic rings. The van der Waals surface area contributed by atoms with E-state index in [1.54, 1.807) is 25.4 Å². The number of rotatable bonds is 6. The number of aromatic nitrogens is 2. The van der Waals surface area contributed by atoms with Crippen LogP contribution in [0.1, 0.15) is 23.0 Å². The third-order valence-electron chi connectivity index (χ3n) is 6.06. The third-order valence-corrected chi connectivity index (χ3v) is 6.06. The molecule has 1 fully saturated rings. The summed E-state index contributed by atoms with van der Waals surface area (Å²) in [5.74, 6) is -0.330. The summed E-state index contributed by atoms with van der Waals surface area (Å²) in [6.45, 7) is 4.09. The van der Waals surface area contributed by atoms with Gasteiger partial charge in [-0.25, -0.2) is 0 Å². The number of methoxy groups -OCH3 is 1. The number of aryl methyl sites for hydroxylation is 2. The third kappa shape index (κ3) is 5.31. The van der Waals surface area contributed by atoms with Crippen molar-refractivity contribution in [3.8, 4) is 16.9 Å². The van der Waals surface area contributed by atoms with Crippen LogP contribution in [0, 0.1) is 6.92 Å². The number of hydrogen-bond acceptors (Lipinski definition) is 7. The molecule has 0 spiro atoms. The number of alkyl halides is 3. The number of aliphatic hydroxyl groups excluding tert-OH is 1. The highest BCUT2D eigenvalue weighted by atomic mass is 19.4. The quantitative estimate of drug-likeness (QED) is 0.495. The molecule has 0 bridgehead atoms. The lowest BCUT2D eigenvalue weighted by Crippen LogP contribution is -2.40. The second-order valence-corrected chi connectivity index (χ2v) is 8.49. The van der Waals surface area contributed by atoms with Crippen LogP contribution in [0.3, 0.4) is 0 Å². The van der Waals surface area contributed by atoms with Gasteiger partial charge < -0.3 is 29.4 Å². The Balaban J connectivity index is 1.65. The SMILES string of the molecule is COc1ccc(C(O)Nc2cnc(C)c(-c3cc(N4CCOCC4)c(=O)n(C)c3)c2)cc1C(F)(F)F. The first-order valence-corrected chi connectivity index (χ1v) is 11.3. The predicted molar refractivity (Wildman–Crippen MR) is 129 cm³/mol. The Hall–Kier alpha value is -3.57. The molecule has 192 valence electrons. The van der Waals surface area contributed by atoms with Gasteiger partial charge in [-0.1, -0.05) is 6.07 Å². The van der Waals surface area contributed by atoms with E-state index in [9.17, 15) is 23.1 Å². The van der Waals surface area contributed by atoms with Crippen LogP contribution < -0.4 is 20.5 Å². The van der Waals surface area contributed by atoms with E-state index in [1.165, 1.54) is 22.9 Å². The molecule has 3 heterocycles. The van der Waals surface area contributed by atoms with Gasteiger partial charge in [0.1, 0.15) is 11.4 Å². The van der Waals surface area contributed by atoms with E-state index in [4.69, 9.17) is 9.47 Å². The van der Waals surface area contributed by atoms with Gasteiger partial charge in [0.15, 0.2) is 6.23 Å². The summed E-state index contributed by atoms with van der Waals surface area (Å²) in [6, 6.07) is 6.91. The number of hydrogen-bond donors (Lipinski definition) is 2. The summed E-state index contributed by atoms with van der Waals surface area (Å²) in [7, 11) is 2.83. The first kappa shape index (κ1) is 25.5. The van der Waals surface area contributed by atoms with Gasteiger partial charge in [-0.05, 0) is 31.2 Å². The Morgan fingerprint density at radius 3 is 2.58 bits per heavy atom. The normalized spacial score (nSPS) is 15.0. The monoisotopic (exact) mass is 504 g/mol. The molecule has 1 atom stereocenters. The van der Waals surface area contributed by atoms with Crippen LogP contribution in [-0.2, 0) is 18.0 Å². The Labute approximate surface area is 205 Å². The minimum Gasteiger partial charge on any atom is -0.496 e. The second-order valence-electron chi connectivity index (χ2n) is 8.49. The molecule has 1 aromatic carbocycles. The highest BCUT2D eigenvalue weighted by Crippen LogP contribution is 2.38. The van der Waals surface area contributed by atoms with E-state index >= 15 is 0 Å². The van der Waals surface area contributed by atoms with Gasteiger partial charge in [0.05, 0.1) is 37.8 Å². The molecule has 4 rings (SSSR count). The minimum atomic E-state index is -4.64. The molecule has 3 aromatic rings.